The first-order valence-corrected chi connectivity index (χ1v) is 9.54. The van der Waals surface area contributed by atoms with Gasteiger partial charge in [0.25, 0.3) is 5.91 Å². The van der Waals surface area contributed by atoms with E-state index in [-0.39, 0.29) is 11.1 Å². The highest BCUT2D eigenvalue weighted by Crippen LogP contribution is 2.35. The number of nitrogens with zero attached hydrogens (tertiary/aromatic N) is 3. The number of hydrogen-bond donors (Lipinski definition) is 1. The molecular formula is C19H23F3N4O. The number of carbonyl (C=O) groups is 1. The second kappa shape index (κ2) is 7.14. The smallest absolute Gasteiger partial charge is 0.339 e. The average molecular weight is 380 g/mol. The number of likely N-dealkylation sites (tertiary alicyclic amines) is 1. The Morgan fingerprint density at radius 3 is 2.52 bits per heavy atom. The highest BCUT2D eigenvalue weighted by Gasteiger charge is 2.41. The summed E-state index contributed by atoms with van der Waals surface area (Å²) in [6.07, 6.45) is 1.41. The van der Waals surface area contributed by atoms with Crippen molar-refractivity contribution in [3.8, 4) is 0 Å². The van der Waals surface area contributed by atoms with Crippen molar-refractivity contribution in [2.24, 2.45) is 0 Å². The molecule has 2 aliphatic heterocycles. The number of aromatic nitrogens is 2. The lowest BCUT2D eigenvalue weighted by atomic mass is 9.90. The maximum absolute atomic E-state index is 13.6. The minimum Gasteiger partial charge on any atom is -0.339 e. The fraction of sp³-hybridized carbons (Fsp3) is 0.579. The molecule has 1 amide bonds. The summed E-state index contributed by atoms with van der Waals surface area (Å²) in [6.45, 7) is 2.79. The Kier molecular flexibility index (Phi) is 4.84. The van der Waals surface area contributed by atoms with Crippen molar-refractivity contribution in [2.75, 3.05) is 26.2 Å². The van der Waals surface area contributed by atoms with Gasteiger partial charge >= 0.3 is 6.18 Å². The second-order valence-electron chi connectivity index (χ2n) is 7.39. The lowest BCUT2D eigenvalue weighted by Crippen LogP contribution is -2.36. The molecule has 0 radical (unpaired) electrons. The van der Waals surface area contributed by atoms with Crippen LogP contribution in [0.5, 0.6) is 0 Å². The molecule has 8 heteroatoms. The van der Waals surface area contributed by atoms with Crippen LogP contribution in [0.3, 0.4) is 0 Å². The van der Waals surface area contributed by atoms with E-state index in [0.29, 0.717) is 19.0 Å². The standard InChI is InChI=1S/C19H23F3N4O/c20-19(21,22)17-16(18(27)25-9-2-1-3-10-25)15-12-14(6-11-26(15)24-17)13-4-7-23-8-5-13/h6,11-13,23H,1-5,7-10H2. The summed E-state index contributed by atoms with van der Waals surface area (Å²) < 4.78 is 42.0. The lowest BCUT2D eigenvalue weighted by molar-refractivity contribution is -0.141. The van der Waals surface area contributed by atoms with E-state index >= 15 is 0 Å². The summed E-state index contributed by atoms with van der Waals surface area (Å²) in [5.74, 6) is -0.266. The Balaban J connectivity index is 1.80. The van der Waals surface area contributed by atoms with Crippen LogP contribution in [-0.4, -0.2) is 46.6 Å². The van der Waals surface area contributed by atoms with Crippen LogP contribution in [0.15, 0.2) is 18.3 Å². The van der Waals surface area contributed by atoms with Gasteiger partial charge in [0.2, 0.25) is 0 Å². The van der Waals surface area contributed by atoms with Crippen molar-refractivity contribution in [3.63, 3.8) is 0 Å². The molecule has 4 rings (SSSR count). The molecule has 2 aromatic heterocycles. The van der Waals surface area contributed by atoms with E-state index in [4.69, 9.17) is 0 Å². The first kappa shape index (κ1) is 18.3. The number of halogens is 3. The van der Waals surface area contributed by atoms with Crippen LogP contribution in [0, 0.1) is 0 Å². The Morgan fingerprint density at radius 1 is 1.15 bits per heavy atom. The summed E-state index contributed by atoms with van der Waals surface area (Å²) in [5, 5.41) is 7.01. The van der Waals surface area contributed by atoms with Gasteiger partial charge in [-0.15, -0.1) is 0 Å². The SMILES string of the molecule is O=C(c1c(C(F)(F)F)nn2ccc(C3CCNCC3)cc12)N1CCCCC1. The van der Waals surface area contributed by atoms with Crippen molar-refractivity contribution < 1.29 is 18.0 Å². The van der Waals surface area contributed by atoms with Gasteiger partial charge in [0.05, 0.1) is 11.1 Å². The molecule has 4 heterocycles. The summed E-state index contributed by atoms with van der Waals surface area (Å²) in [5.41, 5.74) is -0.153. The van der Waals surface area contributed by atoms with Crippen molar-refractivity contribution in [2.45, 2.75) is 44.2 Å². The number of carbonyl (C=O) groups excluding carboxylic acids is 1. The molecule has 0 unspecified atom stereocenters. The third-order valence-corrected chi connectivity index (χ3v) is 5.60. The predicted molar refractivity (Wildman–Crippen MR) is 94.8 cm³/mol. The summed E-state index contributed by atoms with van der Waals surface area (Å²) >= 11 is 0. The fourth-order valence-electron chi connectivity index (χ4n) is 4.14. The zero-order chi connectivity index (χ0) is 19.0. The first-order valence-electron chi connectivity index (χ1n) is 9.54. The zero-order valence-electron chi connectivity index (χ0n) is 15.1. The molecule has 0 spiro atoms. The van der Waals surface area contributed by atoms with Crippen LogP contribution in [-0.2, 0) is 6.18 Å². The molecule has 1 N–H and O–H groups in total. The number of amides is 1. The molecule has 5 nitrogen and oxygen atoms in total. The largest absolute Gasteiger partial charge is 0.436 e. The molecule has 27 heavy (non-hydrogen) atoms. The Hall–Kier alpha value is -2.09. The summed E-state index contributed by atoms with van der Waals surface area (Å²) in [7, 11) is 0. The molecule has 2 aliphatic rings. The van der Waals surface area contributed by atoms with Crippen LogP contribution in [0.1, 0.15) is 59.6 Å². The highest BCUT2D eigenvalue weighted by atomic mass is 19.4. The lowest BCUT2D eigenvalue weighted by Gasteiger charge is -2.27. The highest BCUT2D eigenvalue weighted by molar-refractivity contribution is 6.02. The molecule has 0 aliphatic carbocycles. The van der Waals surface area contributed by atoms with Gasteiger partial charge < -0.3 is 10.2 Å². The van der Waals surface area contributed by atoms with Gasteiger partial charge in [0, 0.05) is 19.3 Å². The Labute approximate surface area is 155 Å². The van der Waals surface area contributed by atoms with Crippen LogP contribution in [0.4, 0.5) is 13.2 Å². The number of piperidine rings is 2. The van der Waals surface area contributed by atoms with Crippen LogP contribution in [0.25, 0.3) is 5.52 Å². The number of alkyl halides is 3. The molecule has 0 atom stereocenters. The minimum absolute atomic E-state index is 0.258. The van der Waals surface area contributed by atoms with E-state index in [1.54, 1.807) is 12.3 Å². The van der Waals surface area contributed by atoms with Gasteiger partial charge in [0.1, 0.15) is 0 Å². The second-order valence-corrected chi connectivity index (χ2v) is 7.39. The van der Waals surface area contributed by atoms with Gasteiger partial charge in [0.15, 0.2) is 5.69 Å². The van der Waals surface area contributed by atoms with Crippen LogP contribution >= 0.6 is 0 Å². The molecule has 0 aromatic carbocycles. The quantitative estimate of drug-likeness (QED) is 0.868. The minimum atomic E-state index is -4.66. The van der Waals surface area contributed by atoms with E-state index in [2.05, 4.69) is 10.4 Å². The van der Waals surface area contributed by atoms with E-state index in [0.717, 1.165) is 50.8 Å². The number of hydrogen-bond acceptors (Lipinski definition) is 3. The normalized spacial score (nSPS) is 19.6. The maximum Gasteiger partial charge on any atom is 0.436 e. The molecule has 2 fully saturated rings. The van der Waals surface area contributed by atoms with Gasteiger partial charge in [-0.25, -0.2) is 4.52 Å². The first-order chi connectivity index (χ1) is 12.9. The third-order valence-electron chi connectivity index (χ3n) is 5.60. The van der Waals surface area contributed by atoms with E-state index < -0.39 is 17.8 Å². The zero-order valence-corrected chi connectivity index (χ0v) is 15.1. The van der Waals surface area contributed by atoms with Gasteiger partial charge in [-0.1, -0.05) is 0 Å². The Bertz CT molecular complexity index is 833. The number of fused-ring (bicyclic) bond motifs is 1. The van der Waals surface area contributed by atoms with Crippen molar-refractivity contribution in [1.82, 2.24) is 19.8 Å². The molecule has 2 aromatic rings. The fourth-order valence-corrected chi connectivity index (χ4v) is 4.14. The van der Waals surface area contributed by atoms with Crippen molar-refractivity contribution >= 4 is 11.4 Å². The van der Waals surface area contributed by atoms with Crippen LogP contribution < -0.4 is 5.32 Å². The van der Waals surface area contributed by atoms with Gasteiger partial charge in [-0.05, 0) is 68.8 Å². The Morgan fingerprint density at radius 2 is 1.85 bits per heavy atom. The molecule has 0 saturated carbocycles. The van der Waals surface area contributed by atoms with E-state index in [9.17, 15) is 18.0 Å². The van der Waals surface area contributed by atoms with E-state index in [1.807, 2.05) is 6.07 Å². The van der Waals surface area contributed by atoms with Gasteiger partial charge in [-0.3, -0.25) is 4.79 Å². The number of rotatable bonds is 2. The molecule has 0 bridgehead atoms. The van der Waals surface area contributed by atoms with Crippen molar-refractivity contribution in [3.05, 3.63) is 35.2 Å². The third kappa shape index (κ3) is 3.54. The molecule has 146 valence electrons. The summed E-state index contributed by atoms with van der Waals surface area (Å²) in [4.78, 5) is 14.5. The van der Waals surface area contributed by atoms with Crippen molar-refractivity contribution in [1.29, 1.82) is 0 Å². The number of pyridine rings is 1. The van der Waals surface area contributed by atoms with Gasteiger partial charge in [-0.2, -0.15) is 18.3 Å². The van der Waals surface area contributed by atoms with E-state index in [1.165, 1.54) is 9.42 Å². The average Bonchev–Trinajstić information content (AvgIpc) is 3.08. The monoisotopic (exact) mass is 380 g/mol. The van der Waals surface area contributed by atoms with Crippen LogP contribution in [0.2, 0.25) is 0 Å². The predicted octanol–water partition coefficient (Wildman–Crippen LogP) is 3.45. The topological polar surface area (TPSA) is 49.6 Å². The number of nitrogens with one attached hydrogen (secondary N) is 1. The molecule has 2 saturated heterocycles. The maximum atomic E-state index is 13.6. The summed E-state index contributed by atoms with van der Waals surface area (Å²) in [6, 6.07) is 3.56. The molecular weight excluding hydrogens is 357 g/mol.